The molecule has 2 aromatic rings. The summed E-state index contributed by atoms with van der Waals surface area (Å²) in [5.74, 6) is 0.127. The van der Waals surface area contributed by atoms with E-state index in [0.29, 0.717) is 38.0 Å². The molecular formula is C23H30N4O5S2. The van der Waals surface area contributed by atoms with Gasteiger partial charge >= 0.3 is 0 Å². The van der Waals surface area contributed by atoms with E-state index >= 15 is 0 Å². The fourth-order valence-corrected chi connectivity index (χ4v) is 6.73. The zero-order chi connectivity index (χ0) is 24.1. The van der Waals surface area contributed by atoms with Crippen LogP contribution >= 0.6 is 11.3 Å². The monoisotopic (exact) mass is 506 g/mol. The molecule has 184 valence electrons. The second kappa shape index (κ2) is 10.8. The minimum atomic E-state index is -3.80. The molecule has 11 heteroatoms. The van der Waals surface area contributed by atoms with Crippen molar-refractivity contribution in [3.05, 3.63) is 33.8 Å². The van der Waals surface area contributed by atoms with Gasteiger partial charge in [-0.05, 0) is 56.2 Å². The predicted octanol–water partition coefficient (Wildman–Crippen LogP) is 2.74. The topological polar surface area (TPSA) is 113 Å². The van der Waals surface area contributed by atoms with Gasteiger partial charge in [0.05, 0.1) is 0 Å². The molecule has 2 aliphatic heterocycles. The predicted molar refractivity (Wildman–Crippen MR) is 129 cm³/mol. The van der Waals surface area contributed by atoms with E-state index in [1.54, 1.807) is 30.4 Å². The number of rotatable bonds is 9. The average molecular weight is 507 g/mol. The van der Waals surface area contributed by atoms with Crippen LogP contribution in [-0.2, 0) is 19.6 Å². The van der Waals surface area contributed by atoms with Gasteiger partial charge in [-0.25, -0.2) is 8.42 Å². The van der Waals surface area contributed by atoms with Crippen molar-refractivity contribution in [2.75, 3.05) is 32.7 Å². The van der Waals surface area contributed by atoms with Crippen LogP contribution in [-0.4, -0.2) is 67.3 Å². The van der Waals surface area contributed by atoms with Crippen molar-refractivity contribution in [1.82, 2.24) is 19.7 Å². The molecule has 2 aromatic heterocycles. The third-order valence-corrected chi connectivity index (χ3v) is 9.17. The fourth-order valence-electron chi connectivity index (χ4n) is 4.40. The van der Waals surface area contributed by atoms with E-state index in [9.17, 15) is 18.0 Å². The Labute approximate surface area is 203 Å². The van der Waals surface area contributed by atoms with Gasteiger partial charge in [0.15, 0.2) is 10.7 Å². The molecule has 0 aromatic carbocycles. The molecule has 4 heterocycles. The third-order valence-electron chi connectivity index (χ3n) is 6.27. The summed E-state index contributed by atoms with van der Waals surface area (Å²) in [6.45, 7) is 4.13. The Kier molecular flexibility index (Phi) is 7.84. The number of thiophene rings is 1. The number of sulfonamides is 1. The maximum Gasteiger partial charge on any atom is 0.248 e. The summed E-state index contributed by atoms with van der Waals surface area (Å²) in [6.07, 6.45) is 6.61. The lowest BCUT2D eigenvalue weighted by atomic mass is 9.97. The van der Waals surface area contributed by atoms with Crippen LogP contribution in [0.1, 0.15) is 48.4 Å². The Hall–Kier alpha value is -2.50. The van der Waals surface area contributed by atoms with Gasteiger partial charge in [-0.3, -0.25) is 9.59 Å². The van der Waals surface area contributed by atoms with E-state index in [1.807, 2.05) is 22.4 Å². The van der Waals surface area contributed by atoms with Crippen LogP contribution in [0.25, 0.3) is 12.2 Å². The lowest BCUT2D eigenvalue weighted by molar-refractivity contribution is -0.127. The molecule has 0 radical (unpaired) electrons. The molecule has 2 fully saturated rings. The first-order valence-corrected chi connectivity index (χ1v) is 13.9. The highest BCUT2D eigenvalue weighted by atomic mass is 32.2. The fraction of sp³-hybridized carbons (Fsp3) is 0.522. The number of nitrogens with one attached hydrogen (secondary N) is 1. The van der Waals surface area contributed by atoms with Gasteiger partial charge < -0.3 is 14.7 Å². The van der Waals surface area contributed by atoms with E-state index in [1.165, 1.54) is 4.31 Å². The highest BCUT2D eigenvalue weighted by Crippen LogP contribution is 2.29. The highest BCUT2D eigenvalue weighted by Gasteiger charge is 2.35. The van der Waals surface area contributed by atoms with E-state index in [2.05, 4.69) is 10.5 Å². The van der Waals surface area contributed by atoms with Gasteiger partial charge in [-0.15, -0.1) is 11.3 Å². The molecule has 0 aliphatic carbocycles. The Balaban J connectivity index is 1.30. The third kappa shape index (κ3) is 5.59. The number of hydrogen-bond donors (Lipinski definition) is 1. The second-order valence-corrected chi connectivity index (χ2v) is 11.5. The van der Waals surface area contributed by atoms with Crippen molar-refractivity contribution in [3.63, 3.8) is 0 Å². The van der Waals surface area contributed by atoms with Crippen LogP contribution in [0.5, 0.6) is 0 Å². The number of hydrogen-bond acceptors (Lipinski definition) is 7. The first-order valence-electron chi connectivity index (χ1n) is 11.6. The molecule has 0 atom stereocenters. The molecule has 4 rings (SSSR count). The molecule has 0 bridgehead atoms. The number of carbonyl (C=O) groups excluding carboxylic acids is 2. The summed E-state index contributed by atoms with van der Waals surface area (Å²) < 4.78 is 33.4. The van der Waals surface area contributed by atoms with Gasteiger partial charge in [0, 0.05) is 49.9 Å². The smallest absolute Gasteiger partial charge is 0.248 e. The molecule has 0 spiro atoms. The van der Waals surface area contributed by atoms with E-state index in [-0.39, 0.29) is 41.5 Å². The van der Waals surface area contributed by atoms with Gasteiger partial charge in [0.1, 0.15) is 5.69 Å². The minimum Gasteiger partial charge on any atom is -0.356 e. The lowest BCUT2D eigenvalue weighted by Gasteiger charge is -2.30. The van der Waals surface area contributed by atoms with Crippen molar-refractivity contribution in [1.29, 1.82) is 0 Å². The van der Waals surface area contributed by atoms with Gasteiger partial charge in [-0.1, -0.05) is 11.2 Å². The Morgan fingerprint density at radius 1 is 1.29 bits per heavy atom. The minimum absolute atomic E-state index is 0.0504. The molecule has 9 nitrogen and oxygen atoms in total. The highest BCUT2D eigenvalue weighted by molar-refractivity contribution is 7.89. The summed E-state index contributed by atoms with van der Waals surface area (Å²) in [6, 6.07) is 3.85. The molecular weight excluding hydrogens is 476 g/mol. The SMILES string of the molecule is Cc1noc(/C=C/c2cccs2)c1S(=O)(=O)N1CCC(C(=O)NCCCN2CCCC2=O)CC1. The van der Waals surface area contributed by atoms with Crippen LogP contribution in [0, 0.1) is 12.8 Å². The summed E-state index contributed by atoms with van der Waals surface area (Å²) in [7, 11) is -3.80. The van der Waals surface area contributed by atoms with E-state index < -0.39 is 10.0 Å². The molecule has 0 saturated carbocycles. The molecule has 2 saturated heterocycles. The number of aryl methyl sites for hydroxylation is 1. The van der Waals surface area contributed by atoms with Crippen molar-refractivity contribution < 1.29 is 22.5 Å². The second-order valence-electron chi connectivity index (χ2n) is 8.62. The van der Waals surface area contributed by atoms with Crippen LogP contribution in [0.3, 0.4) is 0 Å². The Morgan fingerprint density at radius 2 is 2.09 bits per heavy atom. The van der Waals surface area contributed by atoms with Gasteiger partial charge in [0.25, 0.3) is 0 Å². The van der Waals surface area contributed by atoms with E-state index in [4.69, 9.17) is 4.52 Å². The summed E-state index contributed by atoms with van der Waals surface area (Å²) in [5, 5.41) is 8.76. The number of piperidine rings is 1. The largest absolute Gasteiger partial charge is 0.356 e. The number of likely N-dealkylation sites (tertiary alicyclic amines) is 1. The lowest BCUT2D eigenvalue weighted by Crippen LogP contribution is -2.43. The van der Waals surface area contributed by atoms with Crippen molar-refractivity contribution in [2.24, 2.45) is 5.92 Å². The zero-order valence-electron chi connectivity index (χ0n) is 19.2. The summed E-state index contributed by atoms with van der Waals surface area (Å²) >= 11 is 1.54. The number of aromatic nitrogens is 1. The first kappa shape index (κ1) is 24.6. The molecule has 1 N–H and O–H groups in total. The van der Waals surface area contributed by atoms with Crippen LogP contribution in [0.15, 0.2) is 26.9 Å². The summed E-state index contributed by atoms with van der Waals surface area (Å²) in [4.78, 5) is 27.1. The molecule has 2 amide bonds. The van der Waals surface area contributed by atoms with Gasteiger partial charge in [0.2, 0.25) is 21.8 Å². The van der Waals surface area contributed by atoms with Crippen molar-refractivity contribution in [2.45, 2.75) is 43.9 Å². The van der Waals surface area contributed by atoms with Crippen LogP contribution < -0.4 is 5.32 Å². The molecule has 34 heavy (non-hydrogen) atoms. The van der Waals surface area contributed by atoms with Crippen molar-refractivity contribution in [3.8, 4) is 0 Å². The Bertz CT molecular complexity index is 1130. The quantitative estimate of drug-likeness (QED) is 0.524. The number of carbonyl (C=O) groups is 2. The summed E-state index contributed by atoms with van der Waals surface area (Å²) in [5.41, 5.74) is 0.321. The van der Waals surface area contributed by atoms with Crippen LogP contribution in [0.4, 0.5) is 0 Å². The zero-order valence-corrected chi connectivity index (χ0v) is 20.9. The first-order chi connectivity index (χ1) is 16.4. The standard InChI is InChI=1S/C23H30N4O5S2/c1-17-22(20(32-25-17)8-7-19-5-3-16-33-19)34(30,31)27-14-9-18(10-15-27)23(29)24-11-4-13-26-12-2-6-21(26)28/h3,5,7-8,16,18H,2,4,6,9-15H2,1H3,(H,24,29)/b8-7+. The van der Waals surface area contributed by atoms with Crippen LogP contribution in [0.2, 0.25) is 0 Å². The molecule has 0 unspecified atom stereocenters. The number of nitrogens with zero attached hydrogens (tertiary/aromatic N) is 3. The van der Waals surface area contributed by atoms with E-state index in [0.717, 1.165) is 24.3 Å². The number of amides is 2. The maximum atomic E-state index is 13.4. The Morgan fingerprint density at radius 3 is 2.76 bits per heavy atom. The normalized spacial score (nSPS) is 18.3. The average Bonchev–Trinajstić information content (AvgIpc) is 3.57. The maximum absolute atomic E-state index is 13.4. The van der Waals surface area contributed by atoms with Gasteiger partial charge in [-0.2, -0.15) is 4.31 Å². The molecule has 2 aliphatic rings. The van der Waals surface area contributed by atoms with Crippen molar-refractivity contribution >= 4 is 45.3 Å².